The van der Waals surface area contributed by atoms with E-state index in [9.17, 15) is 9.59 Å². The first-order chi connectivity index (χ1) is 15.7. The highest BCUT2D eigenvalue weighted by Crippen LogP contribution is 2.17. The largest absolute Gasteiger partial charge is 0.356 e. The van der Waals surface area contributed by atoms with Crippen molar-refractivity contribution in [3.8, 4) is 0 Å². The van der Waals surface area contributed by atoms with Crippen LogP contribution in [0.15, 0.2) is 60.7 Å². The van der Waals surface area contributed by atoms with Crippen molar-refractivity contribution in [2.45, 2.75) is 57.4 Å². The molecule has 2 aromatic carbocycles. The third-order valence-electron chi connectivity index (χ3n) is 6.15. The molecule has 0 radical (unpaired) electrons. The molecule has 1 aliphatic heterocycles. The number of nitrogens with one attached hydrogen (secondary N) is 3. The van der Waals surface area contributed by atoms with Crippen LogP contribution in [-0.2, 0) is 22.4 Å². The van der Waals surface area contributed by atoms with Crippen molar-refractivity contribution in [3.63, 3.8) is 0 Å². The number of benzene rings is 2. The first-order valence-electron chi connectivity index (χ1n) is 12.1. The van der Waals surface area contributed by atoms with Crippen LogP contribution in [0, 0.1) is 5.92 Å². The Morgan fingerprint density at radius 2 is 1.28 bits per heavy atom. The van der Waals surface area contributed by atoms with Gasteiger partial charge in [0.1, 0.15) is 0 Å². The van der Waals surface area contributed by atoms with Crippen LogP contribution in [0.2, 0.25) is 0 Å². The molecule has 2 unspecified atom stereocenters. The van der Waals surface area contributed by atoms with E-state index >= 15 is 0 Å². The van der Waals surface area contributed by atoms with Crippen LogP contribution in [0.25, 0.3) is 0 Å². The number of aryl methyl sites for hydroxylation is 2. The smallest absolute Gasteiger partial charge is 0.237 e. The van der Waals surface area contributed by atoms with E-state index in [1.165, 1.54) is 11.1 Å². The molecule has 172 valence electrons. The van der Waals surface area contributed by atoms with Gasteiger partial charge in [-0.3, -0.25) is 9.59 Å². The van der Waals surface area contributed by atoms with Gasteiger partial charge in [-0.05, 0) is 69.0 Å². The Labute approximate surface area is 192 Å². The predicted molar refractivity (Wildman–Crippen MR) is 129 cm³/mol. The van der Waals surface area contributed by atoms with E-state index in [0.717, 1.165) is 57.9 Å². The van der Waals surface area contributed by atoms with Crippen molar-refractivity contribution >= 4 is 11.8 Å². The first kappa shape index (κ1) is 24.0. The van der Waals surface area contributed by atoms with E-state index < -0.39 is 6.04 Å². The average molecular weight is 436 g/mol. The van der Waals surface area contributed by atoms with Crippen LogP contribution in [0.4, 0.5) is 0 Å². The van der Waals surface area contributed by atoms with Crippen LogP contribution in [0.5, 0.6) is 0 Å². The second kappa shape index (κ2) is 13.7. The molecule has 3 rings (SSSR count). The Balaban J connectivity index is 1.33. The molecule has 0 saturated carbocycles. The molecular weight excluding hydrogens is 398 g/mol. The standard InChI is InChI=1S/C27H37N3O2/c31-26(29-19-9-7-16-22-12-3-1-4-13-22)24-18-11-21-28-25(24)27(32)30-20-10-8-17-23-14-5-2-6-15-23/h1-6,12-15,24-25,28H,7-11,16-21H2,(H,29,31)(H,30,32). The van der Waals surface area contributed by atoms with Gasteiger partial charge in [-0.2, -0.15) is 0 Å². The topological polar surface area (TPSA) is 70.2 Å². The van der Waals surface area contributed by atoms with Gasteiger partial charge in [0.25, 0.3) is 0 Å². The molecule has 32 heavy (non-hydrogen) atoms. The van der Waals surface area contributed by atoms with Gasteiger partial charge in [-0.15, -0.1) is 0 Å². The fourth-order valence-electron chi connectivity index (χ4n) is 4.31. The molecule has 1 aliphatic rings. The van der Waals surface area contributed by atoms with Gasteiger partial charge in [-0.25, -0.2) is 0 Å². The summed E-state index contributed by atoms with van der Waals surface area (Å²) in [6.45, 7) is 2.10. The molecule has 0 bridgehead atoms. The monoisotopic (exact) mass is 435 g/mol. The highest BCUT2D eigenvalue weighted by molar-refractivity contribution is 5.90. The molecule has 0 aromatic heterocycles. The second-order valence-corrected chi connectivity index (χ2v) is 8.65. The van der Waals surface area contributed by atoms with Gasteiger partial charge in [-0.1, -0.05) is 60.7 Å². The van der Waals surface area contributed by atoms with E-state index in [0.29, 0.717) is 13.1 Å². The molecule has 3 N–H and O–H groups in total. The maximum Gasteiger partial charge on any atom is 0.237 e. The van der Waals surface area contributed by atoms with Crippen LogP contribution in [0.3, 0.4) is 0 Å². The maximum atomic E-state index is 12.7. The van der Waals surface area contributed by atoms with Gasteiger partial charge in [0.2, 0.25) is 11.8 Å². The fraction of sp³-hybridized carbons (Fsp3) is 0.481. The molecule has 5 nitrogen and oxygen atoms in total. The van der Waals surface area contributed by atoms with Crippen LogP contribution in [0.1, 0.15) is 49.7 Å². The van der Waals surface area contributed by atoms with Crippen molar-refractivity contribution in [2.75, 3.05) is 19.6 Å². The summed E-state index contributed by atoms with van der Waals surface area (Å²) >= 11 is 0. The summed E-state index contributed by atoms with van der Waals surface area (Å²) in [4.78, 5) is 25.5. The fourth-order valence-corrected chi connectivity index (χ4v) is 4.31. The van der Waals surface area contributed by atoms with Crippen molar-refractivity contribution in [3.05, 3.63) is 71.8 Å². The Bertz CT molecular complexity index is 741. The highest BCUT2D eigenvalue weighted by atomic mass is 16.2. The highest BCUT2D eigenvalue weighted by Gasteiger charge is 2.35. The molecule has 5 heteroatoms. The van der Waals surface area contributed by atoms with Crippen LogP contribution < -0.4 is 16.0 Å². The van der Waals surface area contributed by atoms with Gasteiger partial charge >= 0.3 is 0 Å². The Kier molecular flexibility index (Phi) is 10.3. The van der Waals surface area contributed by atoms with Gasteiger partial charge in [0.15, 0.2) is 0 Å². The van der Waals surface area contributed by atoms with E-state index in [2.05, 4.69) is 64.5 Å². The Hall–Kier alpha value is -2.66. The maximum absolute atomic E-state index is 12.7. The number of piperidine rings is 1. The number of unbranched alkanes of at least 4 members (excludes halogenated alkanes) is 2. The number of carbonyl (C=O) groups is 2. The molecule has 1 saturated heterocycles. The van der Waals surface area contributed by atoms with E-state index in [1.807, 2.05) is 12.1 Å². The third-order valence-corrected chi connectivity index (χ3v) is 6.15. The molecule has 2 atom stereocenters. The molecule has 1 heterocycles. The van der Waals surface area contributed by atoms with Crippen LogP contribution in [-0.4, -0.2) is 37.5 Å². The number of hydrogen-bond acceptors (Lipinski definition) is 3. The summed E-state index contributed by atoms with van der Waals surface area (Å²) in [5.74, 6) is -0.336. The van der Waals surface area contributed by atoms with E-state index in [1.54, 1.807) is 0 Å². The zero-order valence-corrected chi connectivity index (χ0v) is 19.0. The summed E-state index contributed by atoms with van der Waals surface area (Å²) in [5, 5.41) is 9.36. The molecule has 2 aromatic rings. The molecule has 0 spiro atoms. The minimum absolute atomic E-state index is 0.00105. The summed E-state index contributed by atoms with van der Waals surface area (Å²) in [6, 6.07) is 20.4. The summed E-state index contributed by atoms with van der Waals surface area (Å²) in [6.07, 6.45) is 7.69. The lowest BCUT2D eigenvalue weighted by molar-refractivity contribution is -0.133. The third kappa shape index (κ3) is 8.12. The number of amides is 2. The summed E-state index contributed by atoms with van der Waals surface area (Å²) in [7, 11) is 0. The molecular formula is C27H37N3O2. The first-order valence-corrected chi connectivity index (χ1v) is 12.1. The molecule has 2 amide bonds. The van der Waals surface area contributed by atoms with Gasteiger partial charge in [0.05, 0.1) is 12.0 Å². The minimum atomic E-state index is -0.429. The van der Waals surface area contributed by atoms with Gasteiger partial charge in [0, 0.05) is 13.1 Å². The Morgan fingerprint density at radius 3 is 1.84 bits per heavy atom. The lowest BCUT2D eigenvalue weighted by Crippen LogP contribution is -2.56. The van der Waals surface area contributed by atoms with Crippen molar-refractivity contribution in [1.82, 2.24) is 16.0 Å². The van der Waals surface area contributed by atoms with Crippen molar-refractivity contribution in [1.29, 1.82) is 0 Å². The van der Waals surface area contributed by atoms with Crippen molar-refractivity contribution < 1.29 is 9.59 Å². The minimum Gasteiger partial charge on any atom is -0.356 e. The molecule has 1 fully saturated rings. The Morgan fingerprint density at radius 1 is 0.750 bits per heavy atom. The quantitative estimate of drug-likeness (QED) is 0.446. The number of hydrogen-bond donors (Lipinski definition) is 3. The predicted octanol–water partition coefficient (Wildman–Crippen LogP) is 3.63. The zero-order valence-electron chi connectivity index (χ0n) is 19.0. The number of carbonyl (C=O) groups excluding carboxylic acids is 2. The van der Waals surface area contributed by atoms with Gasteiger partial charge < -0.3 is 16.0 Å². The summed E-state index contributed by atoms with van der Waals surface area (Å²) in [5.41, 5.74) is 2.66. The van der Waals surface area contributed by atoms with Crippen molar-refractivity contribution in [2.24, 2.45) is 5.92 Å². The number of rotatable bonds is 12. The normalized spacial score (nSPS) is 18.1. The zero-order chi connectivity index (χ0) is 22.4. The molecule has 0 aliphatic carbocycles. The SMILES string of the molecule is O=C(NCCCCc1ccccc1)C1CCCNC1C(=O)NCCCCc1ccccc1. The van der Waals surface area contributed by atoms with E-state index in [4.69, 9.17) is 0 Å². The lowest BCUT2D eigenvalue weighted by atomic mass is 9.89. The lowest BCUT2D eigenvalue weighted by Gasteiger charge is -2.30. The van der Waals surface area contributed by atoms with E-state index in [-0.39, 0.29) is 17.7 Å². The average Bonchev–Trinajstić information content (AvgIpc) is 2.84. The second-order valence-electron chi connectivity index (χ2n) is 8.65. The summed E-state index contributed by atoms with van der Waals surface area (Å²) < 4.78 is 0. The van der Waals surface area contributed by atoms with Crippen LogP contribution >= 0.6 is 0 Å².